The van der Waals surface area contributed by atoms with E-state index in [2.05, 4.69) is 203 Å². The maximum absolute atomic E-state index is 6.65. The van der Waals surface area contributed by atoms with Crippen LogP contribution < -0.4 is 0 Å². The predicted octanol–water partition coefficient (Wildman–Crippen LogP) is 18.2. The van der Waals surface area contributed by atoms with Crippen LogP contribution in [0.5, 0.6) is 0 Å². The van der Waals surface area contributed by atoms with Gasteiger partial charge in [0.05, 0.1) is 22.1 Å². The lowest BCUT2D eigenvalue weighted by Gasteiger charge is -2.12. The normalized spacial score (nSPS) is 11.9. The number of furan rings is 2. The third-order valence-corrected chi connectivity index (χ3v) is 15.2. The third kappa shape index (κ3) is 6.52. The van der Waals surface area contributed by atoms with Gasteiger partial charge in [-0.3, -0.25) is 0 Å². The van der Waals surface area contributed by atoms with Gasteiger partial charge in [0.2, 0.25) is 0 Å². The van der Waals surface area contributed by atoms with Gasteiger partial charge in [-0.05, 0) is 107 Å². The van der Waals surface area contributed by atoms with Gasteiger partial charge < -0.3 is 18.0 Å². The highest BCUT2D eigenvalue weighted by Crippen LogP contribution is 2.44. The van der Waals surface area contributed by atoms with Crippen LogP contribution in [0.1, 0.15) is 0 Å². The van der Waals surface area contributed by atoms with Crippen molar-refractivity contribution in [2.75, 3.05) is 0 Å². The van der Waals surface area contributed by atoms with E-state index in [1.54, 1.807) is 0 Å². The summed E-state index contributed by atoms with van der Waals surface area (Å²) in [6.07, 6.45) is 0. The first kappa shape index (κ1) is 42.2. The van der Waals surface area contributed by atoms with E-state index in [9.17, 15) is 0 Å². The number of rotatable bonds is 7. The summed E-state index contributed by atoms with van der Waals surface area (Å²) in [6.45, 7) is 0. The van der Waals surface area contributed by atoms with Crippen LogP contribution in [0.15, 0.2) is 258 Å². The molecule has 16 rings (SSSR count). The van der Waals surface area contributed by atoms with Crippen molar-refractivity contribution in [1.82, 2.24) is 24.1 Å². The highest BCUT2D eigenvalue weighted by atomic mass is 16.3. The Kier molecular flexibility index (Phi) is 9.20. The van der Waals surface area contributed by atoms with Crippen molar-refractivity contribution in [3.8, 4) is 67.8 Å². The fourth-order valence-corrected chi connectivity index (χ4v) is 11.7. The van der Waals surface area contributed by atoms with Crippen molar-refractivity contribution < 1.29 is 8.83 Å². The molecule has 0 aliphatic rings. The first-order valence-electron chi connectivity index (χ1n) is 25.6. The zero-order valence-corrected chi connectivity index (χ0v) is 40.7. The summed E-state index contributed by atoms with van der Waals surface area (Å²) < 4.78 is 18.0. The molecule has 0 N–H and O–H groups in total. The minimum Gasteiger partial charge on any atom is -0.456 e. The molecule has 76 heavy (non-hydrogen) atoms. The molecular weight excluding hydrogens is 931 g/mol. The Hall–Kier alpha value is -10.4. The summed E-state index contributed by atoms with van der Waals surface area (Å²) in [6, 6.07) is 87.5. The average molecular weight is 972 g/mol. The Morgan fingerprint density at radius 1 is 0.263 bits per heavy atom. The second-order valence-corrected chi connectivity index (χ2v) is 19.5. The lowest BCUT2D eigenvalue weighted by atomic mass is 9.99. The van der Waals surface area contributed by atoms with E-state index in [0.717, 1.165) is 99.7 Å². The highest BCUT2D eigenvalue weighted by Gasteiger charge is 2.23. The second-order valence-electron chi connectivity index (χ2n) is 19.5. The summed E-state index contributed by atoms with van der Waals surface area (Å²) in [7, 11) is 0. The molecule has 0 aliphatic carbocycles. The van der Waals surface area contributed by atoms with E-state index >= 15 is 0 Å². The van der Waals surface area contributed by atoms with Crippen molar-refractivity contribution in [2.24, 2.45) is 0 Å². The van der Waals surface area contributed by atoms with Crippen molar-refractivity contribution in [1.29, 1.82) is 0 Å². The van der Waals surface area contributed by atoms with Gasteiger partial charge in [-0.15, -0.1) is 0 Å². The monoisotopic (exact) mass is 971 g/mol. The summed E-state index contributed by atoms with van der Waals surface area (Å²) in [5.74, 6) is 1.67. The van der Waals surface area contributed by atoms with Gasteiger partial charge in [-0.25, -0.2) is 15.0 Å². The van der Waals surface area contributed by atoms with Gasteiger partial charge in [0.15, 0.2) is 17.5 Å². The molecule has 0 atom stereocenters. The van der Waals surface area contributed by atoms with Crippen LogP contribution >= 0.6 is 0 Å². The number of para-hydroxylation sites is 3. The largest absolute Gasteiger partial charge is 0.456 e. The molecular formula is C69H41N5O2. The third-order valence-electron chi connectivity index (χ3n) is 15.2. The summed E-state index contributed by atoms with van der Waals surface area (Å²) in [5.41, 5.74) is 17.1. The van der Waals surface area contributed by atoms with Crippen LogP contribution in [0.3, 0.4) is 0 Å². The molecule has 0 unspecified atom stereocenters. The zero-order valence-electron chi connectivity index (χ0n) is 40.7. The lowest BCUT2D eigenvalue weighted by Crippen LogP contribution is -2.00. The van der Waals surface area contributed by atoms with Crippen molar-refractivity contribution in [3.05, 3.63) is 249 Å². The molecule has 0 saturated carbocycles. The van der Waals surface area contributed by atoms with Gasteiger partial charge in [0.25, 0.3) is 0 Å². The minimum absolute atomic E-state index is 0.547. The molecule has 0 spiro atoms. The Labute approximate surface area is 434 Å². The molecule has 5 aromatic heterocycles. The zero-order chi connectivity index (χ0) is 49.8. The van der Waals surface area contributed by atoms with Crippen LogP contribution in [0.4, 0.5) is 0 Å². The highest BCUT2D eigenvalue weighted by molar-refractivity contribution is 6.24. The molecule has 0 radical (unpaired) electrons. The number of hydrogen-bond acceptors (Lipinski definition) is 5. The second kappa shape index (κ2) is 16.6. The summed E-state index contributed by atoms with van der Waals surface area (Å²) >= 11 is 0. The molecule has 5 heterocycles. The van der Waals surface area contributed by atoms with E-state index in [1.165, 1.54) is 38.1 Å². The number of fused-ring (bicyclic) bond motifs is 13. The molecule has 0 saturated heterocycles. The standard InChI is InChI=1S/C69H41N5O2/c1-5-16-42(17-6-1)44-30-36-60-56(39-44)51-32-28-47(41-63(51)76-60)68-70-67(43-18-7-2-8-19-43)71-69(72-68)54-25-15-27-62-64(54)57-40-46(31-37-61(57)75-62)45-29-35-59-55(38-45)53-34-33-52-50-24-13-14-26-58(50)73(48-20-9-3-10-21-48)65(52)66(53)74(59)49-22-11-4-12-23-49/h1-41H. The number of aromatic nitrogens is 5. The number of hydrogen-bond donors (Lipinski definition) is 0. The molecule has 0 bridgehead atoms. The molecule has 16 aromatic rings. The fourth-order valence-electron chi connectivity index (χ4n) is 11.7. The van der Waals surface area contributed by atoms with Crippen LogP contribution in [-0.2, 0) is 0 Å². The van der Waals surface area contributed by atoms with Gasteiger partial charge in [0.1, 0.15) is 22.3 Å². The van der Waals surface area contributed by atoms with Crippen LogP contribution in [0.25, 0.3) is 155 Å². The molecule has 0 aliphatic heterocycles. The smallest absolute Gasteiger partial charge is 0.164 e. The molecule has 354 valence electrons. The van der Waals surface area contributed by atoms with Crippen molar-refractivity contribution in [3.63, 3.8) is 0 Å². The summed E-state index contributed by atoms with van der Waals surface area (Å²) in [4.78, 5) is 15.6. The molecule has 0 fully saturated rings. The number of nitrogens with zero attached hydrogens (tertiary/aromatic N) is 5. The first-order chi connectivity index (χ1) is 37.7. The predicted molar refractivity (Wildman–Crippen MR) is 310 cm³/mol. The Balaban J connectivity index is 0.864. The Morgan fingerprint density at radius 2 is 0.763 bits per heavy atom. The molecule has 7 nitrogen and oxygen atoms in total. The van der Waals surface area contributed by atoms with E-state index in [1.807, 2.05) is 54.6 Å². The molecule has 11 aromatic carbocycles. The van der Waals surface area contributed by atoms with Crippen LogP contribution in [0.2, 0.25) is 0 Å². The van der Waals surface area contributed by atoms with Gasteiger partial charge in [0, 0.05) is 71.2 Å². The van der Waals surface area contributed by atoms with Crippen LogP contribution in [-0.4, -0.2) is 24.1 Å². The summed E-state index contributed by atoms with van der Waals surface area (Å²) in [5, 5.41) is 8.80. The van der Waals surface area contributed by atoms with Crippen molar-refractivity contribution >= 4 is 87.5 Å². The van der Waals surface area contributed by atoms with Crippen molar-refractivity contribution in [2.45, 2.75) is 0 Å². The first-order valence-corrected chi connectivity index (χ1v) is 25.6. The maximum Gasteiger partial charge on any atom is 0.164 e. The molecule has 0 amide bonds. The van der Waals surface area contributed by atoms with E-state index in [4.69, 9.17) is 23.8 Å². The van der Waals surface area contributed by atoms with E-state index < -0.39 is 0 Å². The fraction of sp³-hybridized carbons (Fsp3) is 0. The maximum atomic E-state index is 6.65. The Bertz CT molecular complexity index is 4980. The van der Waals surface area contributed by atoms with Gasteiger partial charge in [-0.1, -0.05) is 164 Å². The minimum atomic E-state index is 0.547. The van der Waals surface area contributed by atoms with E-state index in [0.29, 0.717) is 17.5 Å². The average Bonchev–Trinajstić information content (AvgIpc) is 4.38. The van der Waals surface area contributed by atoms with Crippen LogP contribution in [0, 0.1) is 0 Å². The Morgan fingerprint density at radius 3 is 1.47 bits per heavy atom. The number of benzene rings is 11. The lowest BCUT2D eigenvalue weighted by molar-refractivity contribution is 0.668. The van der Waals surface area contributed by atoms with Gasteiger partial charge >= 0.3 is 0 Å². The quantitative estimate of drug-likeness (QED) is 0.159. The topological polar surface area (TPSA) is 74.8 Å². The van der Waals surface area contributed by atoms with E-state index in [-0.39, 0.29) is 0 Å². The van der Waals surface area contributed by atoms with Gasteiger partial charge in [-0.2, -0.15) is 0 Å². The molecule has 7 heteroatoms. The SMILES string of the molecule is c1ccc(-c2ccc3oc4cc(-c5nc(-c6ccccc6)nc(-c6cccc7oc8ccc(-c9ccc%10c(c9)c9ccc%11c%12ccccc%12n(-c%12ccccc%12)c%11c9n%10-c9ccccc9)cc8c67)n5)ccc4c3c2)cc1.